The van der Waals surface area contributed by atoms with Crippen molar-refractivity contribution in [3.05, 3.63) is 114 Å². The number of benzene rings is 3. The normalized spacial score (nSPS) is 17.0. The van der Waals surface area contributed by atoms with E-state index in [1.165, 1.54) is 0 Å². The van der Waals surface area contributed by atoms with Crippen LogP contribution in [0, 0.1) is 0 Å². The zero-order valence-electron chi connectivity index (χ0n) is 18.8. The number of carbonyl (C=O) groups excluding carboxylic acids is 2. The second-order valence-electron chi connectivity index (χ2n) is 8.17. The second kappa shape index (κ2) is 8.94. The topological polar surface area (TPSA) is 77.3 Å². The lowest BCUT2D eigenvalue weighted by molar-refractivity contribution is -0.157. The maximum atomic E-state index is 13.7. The molecule has 0 saturated carbocycles. The fraction of sp³-hybridized carbons (Fsp3) is 0.185. The number of hydrogen-bond acceptors (Lipinski definition) is 5. The maximum absolute atomic E-state index is 13.7. The van der Waals surface area contributed by atoms with E-state index in [0.29, 0.717) is 16.8 Å². The Balaban J connectivity index is 1.62. The molecule has 1 aliphatic rings. The summed E-state index contributed by atoms with van der Waals surface area (Å²) in [6.45, 7) is 2.23. The molecule has 0 saturated heterocycles. The molecule has 1 aromatic heterocycles. The molecule has 1 unspecified atom stereocenters. The number of ether oxygens (including phenoxy) is 1. The van der Waals surface area contributed by atoms with E-state index in [0.717, 1.165) is 11.3 Å². The summed E-state index contributed by atoms with van der Waals surface area (Å²) in [4.78, 5) is 28.9. The summed E-state index contributed by atoms with van der Waals surface area (Å²) in [5, 5.41) is 8.61. The van der Waals surface area contributed by atoms with E-state index in [1.807, 2.05) is 78.9 Å². The third-order valence-corrected chi connectivity index (χ3v) is 6.10. The Hall–Kier alpha value is -4.26. The largest absolute Gasteiger partial charge is 0.464 e. The Kier molecular flexibility index (Phi) is 5.67. The molecule has 4 aromatic rings. The van der Waals surface area contributed by atoms with Crippen LogP contribution in [0.25, 0.3) is 5.69 Å². The van der Waals surface area contributed by atoms with Crippen molar-refractivity contribution in [3.8, 4) is 5.69 Å². The monoisotopic (exact) mass is 452 g/mol. The van der Waals surface area contributed by atoms with Gasteiger partial charge in [-0.25, -0.2) is 9.48 Å². The van der Waals surface area contributed by atoms with Gasteiger partial charge in [0.25, 0.3) is 5.91 Å². The molecule has 0 bridgehead atoms. The first-order chi connectivity index (χ1) is 16.6. The molecule has 2 heterocycles. The molecule has 0 N–H and O–H groups in total. The van der Waals surface area contributed by atoms with Crippen molar-refractivity contribution >= 4 is 11.9 Å². The van der Waals surface area contributed by atoms with Gasteiger partial charge in [0.1, 0.15) is 0 Å². The fourth-order valence-electron chi connectivity index (χ4n) is 4.55. The van der Waals surface area contributed by atoms with E-state index < -0.39 is 11.5 Å². The number of aromatic nitrogens is 3. The number of fused-ring (bicyclic) bond motifs is 1. The van der Waals surface area contributed by atoms with Crippen LogP contribution in [0.3, 0.4) is 0 Å². The third kappa shape index (κ3) is 3.65. The lowest BCUT2D eigenvalue weighted by atomic mass is 9.85. The highest BCUT2D eigenvalue weighted by atomic mass is 16.5. The van der Waals surface area contributed by atoms with Crippen molar-refractivity contribution < 1.29 is 14.3 Å². The SMILES string of the molecule is CCOC(=O)C1(Cc2cn(-c3ccccc3)nn2)c2ccccc2C(=O)N1Cc1ccccc1. The average molecular weight is 453 g/mol. The maximum Gasteiger partial charge on any atom is 0.337 e. The number of rotatable bonds is 7. The number of carbonyl (C=O) groups is 2. The summed E-state index contributed by atoms with van der Waals surface area (Å²) in [6.07, 6.45) is 1.94. The first-order valence-electron chi connectivity index (χ1n) is 11.2. The van der Waals surface area contributed by atoms with Crippen molar-refractivity contribution in [2.45, 2.75) is 25.4 Å². The van der Waals surface area contributed by atoms with Crippen LogP contribution in [-0.4, -0.2) is 38.4 Å². The molecular weight excluding hydrogens is 428 g/mol. The minimum Gasteiger partial charge on any atom is -0.464 e. The highest BCUT2D eigenvalue weighted by Crippen LogP contribution is 2.43. The molecule has 1 atom stereocenters. The Labute approximate surface area is 197 Å². The molecule has 5 rings (SSSR count). The lowest BCUT2D eigenvalue weighted by Gasteiger charge is -2.36. The molecule has 34 heavy (non-hydrogen) atoms. The fourth-order valence-corrected chi connectivity index (χ4v) is 4.55. The number of nitrogens with zero attached hydrogens (tertiary/aromatic N) is 4. The van der Waals surface area contributed by atoms with Gasteiger partial charge < -0.3 is 9.64 Å². The number of amides is 1. The van der Waals surface area contributed by atoms with Gasteiger partial charge in [-0.1, -0.05) is 71.9 Å². The van der Waals surface area contributed by atoms with Crippen molar-refractivity contribution in [2.75, 3.05) is 6.61 Å². The van der Waals surface area contributed by atoms with Gasteiger partial charge in [-0.3, -0.25) is 4.79 Å². The van der Waals surface area contributed by atoms with Gasteiger partial charge in [-0.2, -0.15) is 0 Å². The van der Waals surface area contributed by atoms with E-state index in [1.54, 1.807) is 28.8 Å². The standard InChI is InChI=1S/C27H24N4O3/c1-2-34-26(33)27(17-21-19-31(29-28-21)22-13-7-4-8-14-22)24-16-10-9-15-23(24)25(32)30(27)18-20-11-5-3-6-12-20/h3-16,19H,2,17-18H2,1H3. The van der Waals surface area contributed by atoms with E-state index in [4.69, 9.17) is 4.74 Å². The first kappa shape index (κ1) is 21.6. The van der Waals surface area contributed by atoms with Crippen molar-refractivity contribution in [3.63, 3.8) is 0 Å². The lowest BCUT2D eigenvalue weighted by Crippen LogP contribution is -2.52. The van der Waals surface area contributed by atoms with Crippen LogP contribution in [0.15, 0.2) is 91.1 Å². The zero-order chi connectivity index (χ0) is 23.5. The van der Waals surface area contributed by atoms with Crippen molar-refractivity contribution in [2.24, 2.45) is 0 Å². The van der Waals surface area contributed by atoms with E-state index >= 15 is 0 Å². The summed E-state index contributed by atoms with van der Waals surface area (Å²) < 4.78 is 7.24. The summed E-state index contributed by atoms with van der Waals surface area (Å²) in [5.74, 6) is -0.679. The number of esters is 1. The summed E-state index contributed by atoms with van der Waals surface area (Å²) in [5.41, 5.74) is 2.14. The Morgan fingerprint density at radius 2 is 1.62 bits per heavy atom. The van der Waals surface area contributed by atoms with Gasteiger partial charge in [0.15, 0.2) is 5.54 Å². The Morgan fingerprint density at radius 1 is 0.941 bits per heavy atom. The Morgan fingerprint density at radius 3 is 2.35 bits per heavy atom. The molecule has 1 aliphatic heterocycles. The molecule has 7 nitrogen and oxygen atoms in total. The van der Waals surface area contributed by atoms with Crippen LogP contribution in [0.4, 0.5) is 0 Å². The van der Waals surface area contributed by atoms with Crippen LogP contribution in [-0.2, 0) is 28.0 Å². The van der Waals surface area contributed by atoms with Gasteiger partial charge in [-0.05, 0) is 30.7 Å². The first-order valence-corrected chi connectivity index (χ1v) is 11.2. The van der Waals surface area contributed by atoms with Crippen molar-refractivity contribution in [1.29, 1.82) is 0 Å². The molecule has 0 spiro atoms. The van der Waals surface area contributed by atoms with Crippen LogP contribution < -0.4 is 0 Å². The smallest absolute Gasteiger partial charge is 0.337 e. The van der Waals surface area contributed by atoms with Gasteiger partial charge in [-0.15, -0.1) is 5.10 Å². The predicted molar refractivity (Wildman–Crippen MR) is 126 cm³/mol. The van der Waals surface area contributed by atoms with Gasteiger partial charge in [0, 0.05) is 24.1 Å². The minimum atomic E-state index is -1.35. The summed E-state index contributed by atoms with van der Waals surface area (Å²) in [7, 11) is 0. The molecule has 0 radical (unpaired) electrons. The molecule has 170 valence electrons. The van der Waals surface area contributed by atoms with Crippen LogP contribution >= 0.6 is 0 Å². The highest BCUT2D eigenvalue weighted by molar-refractivity contribution is 6.06. The van der Waals surface area contributed by atoms with Gasteiger partial charge in [0.2, 0.25) is 0 Å². The van der Waals surface area contributed by atoms with Crippen LogP contribution in [0.1, 0.15) is 34.1 Å². The van der Waals surface area contributed by atoms with E-state index in [9.17, 15) is 9.59 Å². The number of para-hydroxylation sites is 1. The van der Waals surface area contributed by atoms with E-state index in [-0.39, 0.29) is 25.5 Å². The molecule has 1 amide bonds. The van der Waals surface area contributed by atoms with Crippen LogP contribution in [0.2, 0.25) is 0 Å². The average Bonchev–Trinajstić information content (AvgIpc) is 3.43. The van der Waals surface area contributed by atoms with Gasteiger partial charge >= 0.3 is 5.97 Å². The van der Waals surface area contributed by atoms with Crippen molar-refractivity contribution in [1.82, 2.24) is 19.9 Å². The summed E-state index contributed by atoms with van der Waals surface area (Å²) >= 11 is 0. The molecular formula is C27H24N4O3. The quantitative estimate of drug-likeness (QED) is 0.397. The number of hydrogen-bond donors (Lipinski definition) is 0. The molecule has 3 aromatic carbocycles. The second-order valence-corrected chi connectivity index (χ2v) is 8.17. The Bertz CT molecular complexity index is 1320. The molecule has 0 fully saturated rings. The third-order valence-electron chi connectivity index (χ3n) is 6.10. The highest BCUT2D eigenvalue weighted by Gasteiger charge is 2.56. The summed E-state index contributed by atoms with van der Waals surface area (Å²) in [6, 6.07) is 26.5. The molecule has 0 aliphatic carbocycles. The van der Waals surface area contributed by atoms with Gasteiger partial charge in [0.05, 0.1) is 24.2 Å². The minimum absolute atomic E-state index is 0.147. The van der Waals surface area contributed by atoms with Crippen LogP contribution in [0.5, 0.6) is 0 Å². The zero-order valence-corrected chi connectivity index (χ0v) is 18.8. The predicted octanol–water partition coefficient (Wildman–Crippen LogP) is 3.92. The molecule has 7 heteroatoms. The van der Waals surface area contributed by atoms with E-state index in [2.05, 4.69) is 10.3 Å².